The van der Waals surface area contributed by atoms with Gasteiger partial charge >= 0.3 is 0 Å². The zero-order chi connectivity index (χ0) is 11.5. The van der Waals surface area contributed by atoms with Crippen LogP contribution in [0.15, 0.2) is 12.1 Å². The first-order valence-electron chi connectivity index (χ1n) is 6.19. The van der Waals surface area contributed by atoms with Gasteiger partial charge in [-0.05, 0) is 50.9 Å². The zero-order valence-corrected chi connectivity index (χ0v) is 10.3. The molecule has 1 heterocycles. The number of aryl methyl sites for hydroxylation is 2. The molecule has 0 saturated carbocycles. The van der Waals surface area contributed by atoms with Crippen LogP contribution in [-0.2, 0) is 6.54 Å². The molecule has 0 atom stereocenters. The van der Waals surface area contributed by atoms with Crippen molar-refractivity contribution in [2.24, 2.45) is 0 Å². The molecule has 2 heteroatoms. The molecule has 16 heavy (non-hydrogen) atoms. The average molecular weight is 219 g/mol. The molecule has 0 radical (unpaired) electrons. The third kappa shape index (κ3) is 2.38. The Bertz CT molecular complexity index is 367. The van der Waals surface area contributed by atoms with E-state index in [1.54, 1.807) is 0 Å². The molecule has 0 bridgehead atoms. The van der Waals surface area contributed by atoms with Crippen LogP contribution in [0, 0.1) is 13.8 Å². The summed E-state index contributed by atoms with van der Waals surface area (Å²) >= 11 is 0. The second-order valence-electron chi connectivity index (χ2n) is 4.86. The fraction of sp³-hybridized carbons (Fsp3) is 0.571. The van der Waals surface area contributed by atoms with Crippen LogP contribution in [-0.4, -0.2) is 23.1 Å². The van der Waals surface area contributed by atoms with E-state index in [0.29, 0.717) is 5.75 Å². The van der Waals surface area contributed by atoms with Gasteiger partial charge in [-0.25, -0.2) is 0 Å². The van der Waals surface area contributed by atoms with Crippen molar-refractivity contribution in [2.75, 3.05) is 13.1 Å². The number of benzene rings is 1. The lowest BCUT2D eigenvalue weighted by Crippen LogP contribution is -2.29. The molecule has 1 aliphatic rings. The van der Waals surface area contributed by atoms with Crippen LogP contribution in [0.5, 0.6) is 5.75 Å². The van der Waals surface area contributed by atoms with Gasteiger partial charge in [-0.1, -0.05) is 18.6 Å². The third-order valence-electron chi connectivity index (χ3n) is 3.55. The first-order valence-corrected chi connectivity index (χ1v) is 6.19. The van der Waals surface area contributed by atoms with Crippen molar-refractivity contribution in [1.82, 2.24) is 4.90 Å². The second-order valence-corrected chi connectivity index (χ2v) is 4.86. The Morgan fingerprint density at radius 1 is 1.06 bits per heavy atom. The van der Waals surface area contributed by atoms with E-state index in [1.165, 1.54) is 37.9 Å². The Morgan fingerprint density at radius 2 is 1.69 bits per heavy atom. The summed E-state index contributed by atoms with van der Waals surface area (Å²) in [6.45, 7) is 7.30. The minimum atomic E-state index is 0.491. The number of phenols is 1. The summed E-state index contributed by atoms with van der Waals surface area (Å²) in [7, 11) is 0. The highest BCUT2D eigenvalue weighted by molar-refractivity contribution is 5.44. The van der Waals surface area contributed by atoms with Crippen molar-refractivity contribution in [2.45, 2.75) is 39.7 Å². The minimum Gasteiger partial charge on any atom is -0.507 e. The first-order chi connectivity index (χ1) is 7.68. The molecule has 0 spiro atoms. The lowest BCUT2D eigenvalue weighted by Gasteiger charge is -2.27. The Labute approximate surface area is 97.9 Å². The molecule has 88 valence electrons. The van der Waals surface area contributed by atoms with E-state index < -0.39 is 0 Å². The standard InChI is InChI=1S/C14H21NO/c1-11-6-7-12(2)14(16)13(11)10-15-8-4-3-5-9-15/h6-7,16H,3-5,8-10H2,1-2H3. The van der Waals surface area contributed by atoms with Crippen LogP contribution in [0.1, 0.15) is 36.0 Å². The highest BCUT2D eigenvalue weighted by atomic mass is 16.3. The molecule has 1 fully saturated rings. The molecule has 1 N–H and O–H groups in total. The second kappa shape index (κ2) is 4.88. The van der Waals surface area contributed by atoms with Crippen molar-refractivity contribution in [3.63, 3.8) is 0 Å². The number of rotatable bonds is 2. The highest BCUT2D eigenvalue weighted by Crippen LogP contribution is 2.27. The number of likely N-dealkylation sites (tertiary alicyclic amines) is 1. The van der Waals surface area contributed by atoms with Crippen LogP contribution in [0.25, 0.3) is 0 Å². The maximum Gasteiger partial charge on any atom is 0.123 e. The van der Waals surface area contributed by atoms with Crippen LogP contribution in [0.4, 0.5) is 0 Å². The highest BCUT2D eigenvalue weighted by Gasteiger charge is 2.14. The smallest absolute Gasteiger partial charge is 0.123 e. The number of nitrogens with zero attached hydrogens (tertiary/aromatic N) is 1. The minimum absolute atomic E-state index is 0.491. The zero-order valence-electron chi connectivity index (χ0n) is 10.3. The number of aromatic hydroxyl groups is 1. The molecule has 0 aliphatic carbocycles. The lowest BCUT2D eigenvalue weighted by molar-refractivity contribution is 0.218. The van der Waals surface area contributed by atoms with Crippen molar-refractivity contribution in [3.05, 3.63) is 28.8 Å². The van der Waals surface area contributed by atoms with Gasteiger partial charge in [0.1, 0.15) is 5.75 Å². The van der Waals surface area contributed by atoms with Crippen LogP contribution >= 0.6 is 0 Å². The maximum absolute atomic E-state index is 10.1. The van der Waals surface area contributed by atoms with Gasteiger partial charge < -0.3 is 5.11 Å². The summed E-state index contributed by atoms with van der Waals surface area (Å²) in [5, 5.41) is 10.1. The molecule has 0 aromatic heterocycles. The summed E-state index contributed by atoms with van der Waals surface area (Å²) in [6, 6.07) is 4.10. The van der Waals surface area contributed by atoms with Gasteiger partial charge in [0, 0.05) is 12.1 Å². The van der Waals surface area contributed by atoms with E-state index in [9.17, 15) is 5.11 Å². The molecule has 2 rings (SSSR count). The Kier molecular flexibility index (Phi) is 3.49. The predicted octanol–water partition coefficient (Wildman–Crippen LogP) is 2.99. The molecule has 1 saturated heterocycles. The Hall–Kier alpha value is -1.02. The number of piperidine rings is 1. The number of hydrogen-bond acceptors (Lipinski definition) is 2. The Morgan fingerprint density at radius 3 is 2.38 bits per heavy atom. The number of phenolic OH excluding ortho intramolecular Hbond substituents is 1. The van der Waals surface area contributed by atoms with E-state index in [1.807, 2.05) is 13.0 Å². The first kappa shape index (κ1) is 11.5. The van der Waals surface area contributed by atoms with Crippen LogP contribution in [0.3, 0.4) is 0 Å². The summed E-state index contributed by atoms with van der Waals surface area (Å²) in [6.07, 6.45) is 3.95. The van der Waals surface area contributed by atoms with E-state index in [0.717, 1.165) is 17.7 Å². The third-order valence-corrected chi connectivity index (χ3v) is 3.55. The molecule has 1 aliphatic heterocycles. The summed E-state index contributed by atoms with van der Waals surface area (Å²) in [5.41, 5.74) is 3.30. The van der Waals surface area contributed by atoms with Gasteiger partial charge in [0.05, 0.1) is 0 Å². The van der Waals surface area contributed by atoms with Gasteiger partial charge in [0.25, 0.3) is 0 Å². The van der Waals surface area contributed by atoms with Gasteiger partial charge in [0.15, 0.2) is 0 Å². The van der Waals surface area contributed by atoms with Crippen LogP contribution in [0.2, 0.25) is 0 Å². The quantitative estimate of drug-likeness (QED) is 0.826. The lowest BCUT2D eigenvalue weighted by atomic mass is 10.0. The molecule has 1 aromatic rings. The van der Waals surface area contributed by atoms with Crippen molar-refractivity contribution in [3.8, 4) is 5.75 Å². The molecular weight excluding hydrogens is 198 g/mol. The van der Waals surface area contributed by atoms with Crippen molar-refractivity contribution in [1.29, 1.82) is 0 Å². The van der Waals surface area contributed by atoms with Gasteiger partial charge in [-0.15, -0.1) is 0 Å². The van der Waals surface area contributed by atoms with Gasteiger partial charge in [-0.2, -0.15) is 0 Å². The summed E-state index contributed by atoms with van der Waals surface area (Å²) in [4.78, 5) is 2.45. The van der Waals surface area contributed by atoms with E-state index in [4.69, 9.17) is 0 Å². The SMILES string of the molecule is Cc1ccc(C)c(CN2CCCCC2)c1O. The normalized spacial score (nSPS) is 17.6. The fourth-order valence-electron chi connectivity index (χ4n) is 2.39. The van der Waals surface area contributed by atoms with E-state index in [2.05, 4.69) is 17.9 Å². The van der Waals surface area contributed by atoms with Gasteiger partial charge in [0.2, 0.25) is 0 Å². The average Bonchev–Trinajstić information content (AvgIpc) is 2.31. The molecule has 0 amide bonds. The van der Waals surface area contributed by atoms with Gasteiger partial charge in [-0.3, -0.25) is 4.90 Å². The largest absolute Gasteiger partial charge is 0.507 e. The number of hydrogen-bond donors (Lipinski definition) is 1. The van der Waals surface area contributed by atoms with Crippen molar-refractivity contribution < 1.29 is 5.11 Å². The van der Waals surface area contributed by atoms with Crippen molar-refractivity contribution >= 4 is 0 Å². The van der Waals surface area contributed by atoms with E-state index >= 15 is 0 Å². The maximum atomic E-state index is 10.1. The molecule has 2 nitrogen and oxygen atoms in total. The molecule has 1 aromatic carbocycles. The van der Waals surface area contributed by atoms with E-state index in [-0.39, 0.29) is 0 Å². The summed E-state index contributed by atoms with van der Waals surface area (Å²) < 4.78 is 0. The predicted molar refractivity (Wildman–Crippen MR) is 66.7 cm³/mol. The Balaban J connectivity index is 2.16. The van der Waals surface area contributed by atoms with Crippen LogP contribution < -0.4 is 0 Å². The fourth-order valence-corrected chi connectivity index (χ4v) is 2.39. The molecular formula is C14H21NO. The monoisotopic (exact) mass is 219 g/mol. The summed E-state index contributed by atoms with van der Waals surface area (Å²) in [5.74, 6) is 0.491. The molecule has 0 unspecified atom stereocenters. The topological polar surface area (TPSA) is 23.5 Å².